The maximum absolute atomic E-state index is 11.3. The van der Waals surface area contributed by atoms with Crippen LogP contribution in [0.15, 0.2) is 0 Å². The molecule has 2 fully saturated rings. The summed E-state index contributed by atoms with van der Waals surface area (Å²) in [4.78, 5) is 13.3. The molecule has 0 spiro atoms. The Morgan fingerprint density at radius 2 is 2.19 bits per heavy atom. The minimum absolute atomic E-state index is 0.303. The number of hydrogen-bond acceptors (Lipinski definition) is 3. The fraction of sp³-hybridized carbons (Fsp3) is 0.917. The van der Waals surface area contributed by atoms with Gasteiger partial charge in [-0.25, -0.2) is 0 Å². The number of nitrogens with one attached hydrogen (secondary N) is 1. The molecule has 0 unspecified atom stereocenters. The Labute approximate surface area is 97.0 Å². The summed E-state index contributed by atoms with van der Waals surface area (Å²) in [6, 6.07) is 0. The fourth-order valence-corrected chi connectivity index (χ4v) is 2.42. The highest BCUT2D eigenvalue weighted by Gasteiger charge is 2.33. The van der Waals surface area contributed by atoms with Crippen LogP contribution in [0.5, 0.6) is 0 Å². The quantitative estimate of drug-likeness (QED) is 0.649. The number of carbonyl (C=O) groups is 1. The van der Waals surface area contributed by atoms with Gasteiger partial charge in [-0.1, -0.05) is 0 Å². The summed E-state index contributed by atoms with van der Waals surface area (Å²) in [6.45, 7) is 3.40. The van der Waals surface area contributed by atoms with Gasteiger partial charge in [0.1, 0.15) is 0 Å². The van der Waals surface area contributed by atoms with Gasteiger partial charge in [-0.3, -0.25) is 4.79 Å². The monoisotopic (exact) mass is 226 g/mol. The molecule has 0 aromatic carbocycles. The topological polar surface area (TPSA) is 52.6 Å². The van der Waals surface area contributed by atoms with Crippen molar-refractivity contribution in [2.75, 3.05) is 26.2 Å². The van der Waals surface area contributed by atoms with Gasteiger partial charge in [0.25, 0.3) is 0 Å². The van der Waals surface area contributed by atoms with Crippen molar-refractivity contribution in [2.45, 2.75) is 44.1 Å². The Morgan fingerprint density at radius 3 is 2.75 bits per heavy atom. The molecule has 2 rings (SSSR count). The van der Waals surface area contributed by atoms with E-state index in [0.29, 0.717) is 12.5 Å². The van der Waals surface area contributed by atoms with E-state index >= 15 is 0 Å². The molecule has 0 aromatic heterocycles. The van der Waals surface area contributed by atoms with E-state index in [2.05, 4.69) is 5.32 Å². The molecule has 1 amide bonds. The molecule has 2 N–H and O–H groups in total. The van der Waals surface area contributed by atoms with Gasteiger partial charge in [0.05, 0.1) is 5.60 Å². The molecular formula is C12H22N2O2. The summed E-state index contributed by atoms with van der Waals surface area (Å²) in [5.74, 6) is 0.303. The lowest BCUT2D eigenvalue weighted by Crippen LogP contribution is -2.46. The van der Waals surface area contributed by atoms with Crippen LogP contribution < -0.4 is 5.32 Å². The summed E-state index contributed by atoms with van der Waals surface area (Å²) < 4.78 is 0. The Balaban J connectivity index is 1.50. The number of aliphatic hydroxyl groups is 1. The van der Waals surface area contributed by atoms with E-state index in [1.54, 1.807) is 0 Å². The highest BCUT2D eigenvalue weighted by Crippen LogP contribution is 2.30. The van der Waals surface area contributed by atoms with Gasteiger partial charge in [-0.05, 0) is 38.6 Å². The first kappa shape index (κ1) is 11.9. The second kappa shape index (κ2) is 5.15. The van der Waals surface area contributed by atoms with Crippen molar-refractivity contribution in [1.29, 1.82) is 0 Å². The predicted molar refractivity (Wildman–Crippen MR) is 62.1 cm³/mol. The van der Waals surface area contributed by atoms with Crippen molar-refractivity contribution in [3.8, 4) is 0 Å². The van der Waals surface area contributed by atoms with Crippen LogP contribution in [0.3, 0.4) is 0 Å². The van der Waals surface area contributed by atoms with Crippen molar-refractivity contribution < 1.29 is 9.90 Å². The lowest BCUT2D eigenvalue weighted by Gasteiger charge is -2.36. The highest BCUT2D eigenvalue weighted by molar-refractivity contribution is 5.77. The Morgan fingerprint density at radius 1 is 1.38 bits per heavy atom. The van der Waals surface area contributed by atoms with Crippen molar-refractivity contribution >= 4 is 5.91 Å². The number of rotatable bonds is 6. The lowest BCUT2D eigenvalue weighted by molar-refractivity contribution is -0.127. The maximum Gasteiger partial charge on any atom is 0.222 e. The van der Waals surface area contributed by atoms with E-state index in [9.17, 15) is 9.90 Å². The second-order valence-corrected chi connectivity index (χ2v) is 5.09. The zero-order valence-electron chi connectivity index (χ0n) is 9.87. The molecule has 4 heteroatoms. The molecule has 1 saturated heterocycles. The summed E-state index contributed by atoms with van der Waals surface area (Å²) >= 11 is 0. The standard InChI is InChI=1S/C12H22N2O2/c15-11-4-1-8-14(11)9-3-7-13-10-12(16)5-2-6-12/h13,16H,1-10H2. The van der Waals surface area contributed by atoms with Crippen LogP contribution in [0.2, 0.25) is 0 Å². The molecule has 16 heavy (non-hydrogen) atoms. The Kier molecular flexibility index (Phi) is 3.82. The number of likely N-dealkylation sites (tertiary alicyclic amines) is 1. The first-order valence-corrected chi connectivity index (χ1v) is 6.41. The van der Waals surface area contributed by atoms with Gasteiger partial charge in [-0.15, -0.1) is 0 Å². The highest BCUT2D eigenvalue weighted by atomic mass is 16.3. The number of amides is 1. The van der Waals surface area contributed by atoms with E-state index in [4.69, 9.17) is 0 Å². The molecule has 0 aromatic rings. The third kappa shape index (κ3) is 2.95. The third-order valence-electron chi connectivity index (χ3n) is 3.69. The van der Waals surface area contributed by atoms with Crippen molar-refractivity contribution in [1.82, 2.24) is 10.2 Å². The number of nitrogens with zero attached hydrogens (tertiary/aromatic N) is 1. The molecule has 4 nitrogen and oxygen atoms in total. The third-order valence-corrected chi connectivity index (χ3v) is 3.69. The zero-order chi connectivity index (χ0) is 11.4. The first-order valence-electron chi connectivity index (χ1n) is 6.41. The summed E-state index contributed by atoms with van der Waals surface area (Å²) in [5.41, 5.74) is -0.427. The number of carbonyl (C=O) groups excluding carboxylic acids is 1. The zero-order valence-corrected chi connectivity index (χ0v) is 9.87. The molecule has 1 saturated carbocycles. The van der Waals surface area contributed by atoms with Gasteiger partial charge >= 0.3 is 0 Å². The molecule has 0 bridgehead atoms. The van der Waals surface area contributed by atoms with Crippen LogP contribution in [0, 0.1) is 0 Å². The minimum atomic E-state index is -0.427. The van der Waals surface area contributed by atoms with Crippen molar-refractivity contribution in [3.63, 3.8) is 0 Å². The van der Waals surface area contributed by atoms with E-state index in [-0.39, 0.29) is 0 Å². The minimum Gasteiger partial charge on any atom is -0.389 e. The lowest BCUT2D eigenvalue weighted by atomic mass is 9.80. The van der Waals surface area contributed by atoms with E-state index < -0.39 is 5.60 Å². The fourth-order valence-electron chi connectivity index (χ4n) is 2.42. The SMILES string of the molecule is O=C1CCCN1CCCNCC1(O)CCC1. The smallest absolute Gasteiger partial charge is 0.222 e. The number of hydrogen-bond donors (Lipinski definition) is 2. The van der Waals surface area contributed by atoms with Gasteiger partial charge in [-0.2, -0.15) is 0 Å². The van der Waals surface area contributed by atoms with Crippen LogP contribution in [-0.2, 0) is 4.79 Å². The normalized spacial score (nSPS) is 23.6. The Hall–Kier alpha value is -0.610. The average Bonchev–Trinajstić information content (AvgIpc) is 2.61. The molecule has 0 atom stereocenters. The van der Waals surface area contributed by atoms with Crippen molar-refractivity contribution in [2.24, 2.45) is 0 Å². The van der Waals surface area contributed by atoms with E-state index in [1.807, 2.05) is 4.90 Å². The molecule has 92 valence electrons. The van der Waals surface area contributed by atoms with E-state index in [1.165, 1.54) is 0 Å². The van der Waals surface area contributed by atoms with Crippen molar-refractivity contribution in [3.05, 3.63) is 0 Å². The largest absolute Gasteiger partial charge is 0.389 e. The second-order valence-electron chi connectivity index (χ2n) is 5.09. The van der Waals surface area contributed by atoms with Gasteiger partial charge in [0.15, 0.2) is 0 Å². The van der Waals surface area contributed by atoms with Crippen LogP contribution >= 0.6 is 0 Å². The van der Waals surface area contributed by atoms with Crippen LogP contribution in [0.4, 0.5) is 0 Å². The van der Waals surface area contributed by atoms with Crippen LogP contribution in [0.25, 0.3) is 0 Å². The average molecular weight is 226 g/mol. The van der Waals surface area contributed by atoms with Gasteiger partial charge < -0.3 is 15.3 Å². The maximum atomic E-state index is 11.3. The molecule has 2 aliphatic rings. The summed E-state index contributed by atoms with van der Waals surface area (Å²) in [7, 11) is 0. The van der Waals surface area contributed by atoms with Gasteiger partial charge in [0, 0.05) is 26.1 Å². The first-order chi connectivity index (χ1) is 7.70. The molecule has 1 heterocycles. The van der Waals surface area contributed by atoms with E-state index in [0.717, 1.165) is 58.2 Å². The predicted octanol–water partition coefficient (Wildman–Crippen LogP) is 0.503. The molecule has 1 aliphatic heterocycles. The van der Waals surface area contributed by atoms with Gasteiger partial charge in [0.2, 0.25) is 5.91 Å². The Bertz CT molecular complexity index is 251. The summed E-state index contributed by atoms with van der Waals surface area (Å²) in [5, 5.41) is 13.1. The van der Waals surface area contributed by atoms with Crippen LogP contribution in [0.1, 0.15) is 38.5 Å². The molecule has 1 aliphatic carbocycles. The summed E-state index contributed by atoms with van der Waals surface area (Å²) in [6.07, 6.45) is 5.76. The molecule has 0 radical (unpaired) electrons. The van der Waals surface area contributed by atoms with Crippen LogP contribution in [-0.4, -0.2) is 47.7 Å². The molecular weight excluding hydrogens is 204 g/mol.